The van der Waals surface area contributed by atoms with Crippen molar-refractivity contribution in [1.82, 2.24) is 4.57 Å². The van der Waals surface area contributed by atoms with Crippen molar-refractivity contribution in [3.8, 4) is 0 Å². The molecule has 3 rings (SSSR count). The van der Waals surface area contributed by atoms with E-state index in [-0.39, 0.29) is 22.0 Å². The van der Waals surface area contributed by atoms with E-state index in [2.05, 4.69) is 10.1 Å². The first-order chi connectivity index (χ1) is 12.3. The van der Waals surface area contributed by atoms with Crippen LogP contribution in [-0.4, -0.2) is 28.5 Å². The van der Waals surface area contributed by atoms with Gasteiger partial charge >= 0.3 is 5.97 Å². The van der Waals surface area contributed by atoms with E-state index >= 15 is 0 Å². The lowest BCUT2D eigenvalue weighted by Crippen LogP contribution is -2.19. The Morgan fingerprint density at radius 3 is 2.73 bits per heavy atom. The summed E-state index contributed by atoms with van der Waals surface area (Å²) in [6.45, 7) is 0.463. The zero-order valence-corrected chi connectivity index (χ0v) is 14.4. The normalized spacial score (nSPS) is 14.0. The minimum Gasteiger partial charge on any atom is -0.463 e. The van der Waals surface area contributed by atoms with Gasteiger partial charge in [0.25, 0.3) is 5.78 Å². The van der Waals surface area contributed by atoms with Crippen molar-refractivity contribution >= 4 is 29.0 Å². The lowest BCUT2D eigenvalue weighted by atomic mass is 10.1. The molecule has 0 aliphatic carbocycles. The van der Waals surface area contributed by atoms with Gasteiger partial charge in [-0.25, -0.2) is 13.6 Å². The SMILES string of the molecule is COC(=O)C(=O)c1c(Cl)c(C(O)Nc2ccc(F)c(F)c2)c2n1CCC2. The smallest absolute Gasteiger partial charge is 0.381 e. The number of fused-ring (bicyclic) bond motifs is 1. The Morgan fingerprint density at radius 1 is 1.35 bits per heavy atom. The second-order valence-corrected chi connectivity index (χ2v) is 6.15. The van der Waals surface area contributed by atoms with Crippen molar-refractivity contribution in [3.05, 3.63) is 51.8 Å². The highest BCUT2D eigenvalue weighted by molar-refractivity contribution is 6.45. The maximum Gasteiger partial charge on any atom is 0.381 e. The molecule has 0 spiro atoms. The van der Waals surface area contributed by atoms with Crippen LogP contribution in [0.25, 0.3) is 0 Å². The van der Waals surface area contributed by atoms with Crippen LogP contribution in [0.1, 0.15) is 34.4 Å². The number of ether oxygens (including phenoxy) is 1. The van der Waals surface area contributed by atoms with Crippen LogP contribution < -0.4 is 5.32 Å². The molecule has 0 saturated carbocycles. The number of carbonyl (C=O) groups excluding carboxylic acids is 2. The Bertz CT molecular complexity index is 897. The summed E-state index contributed by atoms with van der Waals surface area (Å²) in [7, 11) is 1.09. The van der Waals surface area contributed by atoms with Gasteiger partial charge in [-0.1, -0.05) is 11.6 Å². The monoisotopic (exact) mass is 384 g/mol. The number of hydrogen-bond acceptors (Lipinski definition) is 5. The van der Waals surface area contributed by atoms with Gasteiger partial charge in [0.05, 0.1) is 12.1 Å². The number of benzene rings is 1. The molecule has 26 heavy (non-hydrogen) atoms. The maximum absolute atomic E-state index is 13.3. The van der Waals surface area contributed by atoms with Crippen LogP contribution in [0.15, 0.2) is 18.2 Å². The molecule has 0 amide bonds. The number of aliphatic hydroxyl groups excluding tert-OH is 1. The van der Waals surface area contributed by atoms with Crippen molar-refractivity contribution in [3.63, 3.8) is 0 Å². The molecular weight excluding hydrogens is 370 g/mol. The summed E-state index contributed by atoms with van der Waals surface area (Å²) in [6, 6.07) is 3.07. The molecule has 1 atom stereocenters. The number of esters is 1. The van der Waals surface area contributed by atoms with Crippen LogP contribution in [0.3, 0.4) is 0 Å². The quantitative estimate of drug-likeness (QED) is 0.358. The number of carbonyl (C=O) groups is 2. The number of methoxy groups -OCH3 is 1. The number of anilines is 1. The number of hydrogen-bond donors (Lipinski definition) is 2. The summed E-state index contributed by atoms with van der Waals surface area (Å²) < 4.78 is 32.4. The molecule has 6 nitrogen and oxygen atoms in total. The van der Waals surface area contributed by atoms with E-state index in [9.17, 15) is 23.5 Å². The Balaban J connectivity index is 1.98. The number of nitrogens with zero attached hydrogens (tertiary/aromatic N) is 1. The van der Waals surface area contributed by atoms with Crippen LogP contribution in [0.4, 0.5) is 14.5 Å². The van der Waals surface area contributed by atoms with Gasteiger partial charge in [0.15, 0.2) is 17.9 Å². The summed E-state index contributed by atoms with van der Waals surface area (Å²) in [5.74, 6) is -4.06. The van der Waals surface area contributed by atoms with Crippen molar-refractivity contribution in [1.29, 1.82) is 0 Å². The van der Waals surface area contributed by atoms with Gasteiger partial charge in [-0.05, 0) is 25.0 Å². The number of aromatic nitrogens is 1. The van der Waals surface area contributed by atoms with Gasteiger partial charge in [-0.3, -0.25) is 4.79 Å². The van der Waals surface area contributed by atoms with E-state index in [1.54, 1.807) is 4.57 Å². The molecule has 1 aromatic heterocycles. The highest BCUT2D eigenvalue weighted by Crippen LogP contribution is 2.37. The van der Waals surface area contributed by atoms with E-state index in [4.69, 9.17) is 11.6 Å². The zero-order valence-electron chi connectivity index (χ0n) is 13.7. The van der Waals surface area contributed by atoms with Gasteiger partial charge in [-0.15, -0.1) is 0 Å². The van der Waals surface area contributed by atoms with Gasteiger partial charge in [0.1, 0.15) is 5.69 Å². The summed E-state index contributed by atoms with van der Waals surface area (Å²) in [5, 5.41) is 13.1. The van der Waals surface area contributed by atoms with Gasteiger partial charge in [0.2, 0.25) is 0 Å². The predicted octanol–water partition coefficient (Wildman–Crippen LogP) is 2.82. The van der Waals surface area contributed by atoms with Crippen LogP contribution in [0, 0.1) is 11.6 Å². The van der Waals surface area contributed by atoms with Crippen molar-refractivity contribution in [2.45, 2.75) is 25.6 Å². The third-order valence-corrected chi connectivity index (χ3v) is 4.61. The summed E-state index contributed by atoms with van der Waals surface area (Å²) in [6.07, 6.45) is -0.135. The number of ketones is 1. The fourth-order valence-electron chi connectivity index (χ4n) is 3.08. The van der Waals surface area contributed by atoms with Crippen molar-refractivity contribution in [2.75, 3.05) is 12.4 Å². The van der Waals surface area contributed by atoms with Gasteiger partial charge in [0, 0.05) is 29.6 Å². The van der Waals surface area contributed by atoms with E-state index in [0.717, 1.165) is 19.2 Å². The van der Waals surface area contributed by atoms with Gasteiger partial charge < -0.3 is 19.7 Å². The highest BCUT2D eigenvalue weighted by Gasteiger charge is 2.34. The molecule has 2 aromatic rings. The maximum atomic E-state index is 13.3. The third-order valence-electron chi connectivity index (χ3n) is 4.23. The Kier molecular flexibility index (Phi) is 4.97. The molecule has 1 unspecified atom stereocenters. The van der Waals surface area contributed by atoms with Crippen LogP contribution in [0.5, 0.6) is 0 Å². The fraction of sp³-hybridized carbons (Fsp3) is 0.294. The Morgan fingerprint density at radius 2 is 2.08 bits per heavy atom. The molecule has 0 saturated heterocycles. The third kappa shape index (κ3) is 3.06. The molecule has 0 bridgehead atoms. The first-order valence-electron chi connectivity index (χ1n) is 7.78. The summed E-state index contributed by atoms with van der Waals surface area (Å²) in [4.78, 5) is 23.9. The van der Waals surface area contributed by atoms with E-state index in [1.165, 1.54) is 6.07 Å². The fourth-order valence-corrected chi connectivity index (χ4v) is 3.48. The van der Waals surface area contributed by atoms with Crippen LogP contribution >= 0.6 is 11.6 Å². The Labute approximate surface area is 152 Å². The molecular formula is C17H15ClF2N2O4. The van der Waals surface area contributed by atoms with Gasteiger partial charge in [-0.2, -0.15) is 0 Å². The number of nitrogens with one attached hydrogen (secondary N) is 1. The second kappa shape index (κ2) is 7.05. The number of halogens is 3. The number of aliphatic hydroxyl groups is 1. The number of rotatable bonds is 5. The largest absolute Gasteiger partial charge is 0.463 e. The second-order valence-electron chi connectivity index (χ2n) is 5.77. The molecule has 1 aliphatic rings. The topological polar surface area (TPSA) is 80.6 Å². The van der Waals surface area contributed by atoms with Crippen LogP contribution in [-0.2, 0) is 22.5 Å². The molecule has 2 heterocycles. The van der Waals surface area contributed by atoms with E-state index in [1.807, 2.05) is 0 Å². The summed E-state index contributed by atoms with van der Waals surface area (Å²) >= 11 is 6.28. The standard InChI is InChI=1S/C17H15ClF2N2O4/c1-26-17(25)15(23)14-13(18)12(11-3-2-6-22(11)14)16(24)21-8-4-5-9(19)10(20)7-8/h4-5,7,16,21,24H,2-3,6H2,1H3. The minimum absolute atomic E-state index is 0.0489. The molecule has 0 radical (unpaired) electrons. The lowest BCUT2D eigenvalue weighted by molar-refractivity contribution is -0.135. The number of Topliss-reactive ketones (excluding diaryl/α,β-unsaturated/α-hetero) is 1. The average Bonchev–Trinajstić information content (AvgIpc) is 3.16. The van der Waals surface area contributed by atoms with E-state index in [0.29, 0.717) is 25.1 Å². The Hall–Kier alpha value is -2.45. The zero-order chi connectivity index (χ0) is 19.0. The molecule has 1 aromatic carbocycles. The van der Waals surface area contributed by atoms with Crippen molar-refractivity contribution in [2.24, 2.45) is 0 Å². The predicted molar refractivity (Wildman–Crippen MR) is 89.1 cm³/mol. The molecule has 2 N–H and O–H groups in total. The average molecular weight is 385 g/mol. The minimum atomic E-state index is -1.38. The first-order valence-corrected chi connectivity index (χ1v) is 8.16. The molecule has 9 heteroatoms. The summed E-state index contributed by atoms with van der Waals surface area (Å²) in [5.41, 5.74) is 0.907. The molecule has 138 valence electrons. The molecule has 0 fully saturated rings. The lowest BCUT2D eigenvalue weighted by Gasteiger charge is -2.15. The van der Waals surface area contributed by atoms with Crippen molar-refractivity contribution < 1.29 is 28.2 Å². The van der Waals surface area contributed by atoms with E-state index < -0.39 is 29.6 Å². The molecule has 1 aliphatic heterocycles. The first kappa shape index (κ1) is 18.3. The highest BCUT2D eigenvalue weighted by atomic mass is 35.5. The van der Waals surface area contributed by atoms with Crippen LogP contribution in [0.2, 0.25) is 5.02 Å².